The SMILES string of the molecule is CC(C)(C)OC(=O)N1CCN(Cc2ccc(-c3ccc(Cl)cc3)c(CN3CCN(c4ccc(C(=O)O)cc4)CC3)c2)CC1. The summed E-state index contributed by atoms with van der Waals surface area (Å²) in [5, 5.41) is 9.93. The third-order valence-corrected chi connectivity index (χ3v) is 8.25. The molecule has 228 valence electrons. The van der Waals surface area contributed by atoms with Gasteiger partial charge in [0, 0.05) is 76.2 Å². The van der Waals surface area contributed by atoms with Gasteiger partial charge < -0.3 is 19.6 Å². The summed E-state index contributed by atoms with van der Waals surface area (Å²) in [6, 6.07) is 21.9. The lowest BCUT2D eigenvalue weighted by Crippen LogP contribution is -2.49. The molecule has 9 heteroatoms. The molecular weight excluding hydrogens is 564 g/mol. The molecule has 0 aliphatic carbocycles. The lowest BCUT2D eigenvalue weighted by Gasteiger charge is -2.37. The Morgan fingerprint density at radius 2 is 1.40 bits per heavy atom. The Kier molecular flexibility index (Phi) is 9.59. The van der Waals surface area contributed by atoms with E-state index in [-0.39, 0.29) is 6.09 Å². The number of benzene rings is 3. The number of ether oxygens (including phenoxy) is 1. The van der Waals surface area contributed by atoms with Crippen molar-refractivity contribution in [2.75, 3.05) is 57.3 Å². The lowest BCUT2D eigenvalue weighted by molar-refractivity contribution is 0.0139. The van der Waals surface area contributed by atoms with Crippen LogP contribution in [0.4, 0.5) is 10.5 Å². The van der Waals surface area contributed by atoms with E-state index in [9.17, 15) is 14.7 Å². The van der Waals surface area contributed by atoms with Crippen LogP contribution in [0.2, 0.25) is 5.02 Å². The van der Waals surface area contributed by atoms with E-state index in [1.165, 1.54) is 16.7 Å². The lowest BCUT2D eigenvalue weighted by atomic mass is 9.96. The maximum absolute atomic E-state index is 12.5. The Hall–Kier alpha value is -3.59. The van der Waals surface area contributed by atoms with Gasteiger partial charge in [0.25, 0.3) is 0 Å². The second-order valence-corrected chi connectivity index (χ2v) is 12.8. The summed E-state index contributed by atoms with van der Waals surface area (Å²) in [6.07, 6.45) is -0.237. The number of anilines is 1. The molecule has 3 aromatic rings. The molecule has 3 aromatic carbocycles. The number of hydrogen-bond acceptors (Lipinski definition) is 6. The van der Waals surface area contributed by atoms with E-state index < -0.39 is 11.6 Å². The van der Waals surface area contributed by atoms with Crippen LogP contribution in [0.3, 0.4) is 0 Å². The molecule has 0 atom stereocenters. The summed E-state index contributed by atoms with van der Waals surface area (Å²) < 4.78 is 5.56. The van der Waals surface area contributed by atoms with E-state index in [1.807, 2.05) is 45.0 Å². The molecule has 8 nitrogen and oxygen atoms in total. The van der Waals surface area contributed by atoms with Gasteiger partial charge in [-0.15, -0.1) is 0 Å². The quantitative estimate of drug-likeness (QED) is 0.350. The van der Waals surface area contributed by atoms with Gasteiger partial charge in [0.2, 0.25) is 0 Å². The van der Waals surface area contributed by atoms with Crippen LogP contribution in [0.1, 0.15) is 42.3 Å². The maximum atomic E-state index is 12.5. The van der Waals surface area contributed by atoms with Crippen molar-refractivity contribution in [3.63, 3.8) is 0 Å². The zero-order valence-electron chi connectivity index (χ0n) is 25.3. The highest BCUT2D eigenvalue weighted by Gasteiger charge is 2.26. The largest absolute Gasteiger partial charge is 0.478 e. The molecule has 0 bridgehead atoms. The zero-order chi connectivity index (χ0) is 30.6. The number of piperazine rings is 2. The van der Waals surface area contributed by atoms with Crippen molar-refractivity contribution in [1.82, 2.24) is 14.7 Å². The topological polar surface area (TPSA) is 76.6 Å². The molecule has 2 heterocycles. The van der Waals surface area contributed by atoms with Gasteiger partial charge in [0.15, 0.2) is 0 Å². The number of nitrogens with zero attached hydrogens (tertiary/aromatic N) is 4. The number of amides is 1. The van der Waals surface area contributed by atoms with Crippen LogP contribution in [-0.4, -0.2) is 89.8 Å². The zero-order valence-corrected chi connectivity index (χ0v) is 26.0. The summed E-state index contributed by atoms with van der Waals surface area (Å²) in [7, 11) is 0. The minimum atomic E-state index is -0.904. The maximum Gasteiger partial charge on any atom is 0.410 e. The van der Waals surface area contributed by atoms with Crippen molar-refractivity contribution in [2.45, 2.75) is 39.5 Å². The van der Waals surface area contributed by atoms with Gasteiger partial charge in [-0.05, 0) is 79.4 Å². The average molecular weight is 605 g/mol. The number of carbonyl (C=O) groups excluding carboxylic acids is 1. The average Bonchev–Trinajstić information content (AvgIpc) is 2.98. The Bertz CT molecular complexity index is 1410. The highest BCUT2D eigenvalue weighted by molar-refractivity contribution is 6.30. The Morgan fingerprint density at radius 3 is 2.00 bits per heavy atom. The fourth-order valence-corrected chi connectivity index (χ4v) is 5.81. The molecule has 5 rings (SSSR count). The number of carboxylic acid groups (broad SMARTS) is 1. The van der Waals surface area contributed by atoms with Crippen LogP contribution >= 0.6 is 11.6 Å². The number of hydrogen-bond donors (Lipinski definition) is 1. The summed E-state index contributed by atoms with van der Waals surface area (Å²) in [6.45, 7) is 13.9. The van der Waals surface area contributed by atoms with Crippen molar-refractivity contribution < 1.29 is 19.4 Å². The minimum absolute atomic E-state index is 0.237. The molecule has 0 unspecified atom stereocenters. The van der Waals surface area contributed by atoms with E-state index in [2.05, 4.69) is 45.0 Å². The molecule has 1 N–H and O–H groups in total. The predicted molar refractivity (Wildman–Crippen MR) is 171 cm³/mol. The van der Waals surface area contributed by atoms with Gasteiger partial charge in [-0.25, -0.2) is 9.59 Å². The Morgan fingerprint density at radius 1 is 0.791 bits per heavy atom. The number of rotatable bonds is 7. The van der Waals surface area contributed by atoms with Gasteiger partial charge in [-0.3, -0.25) is 9.80 Å². The van der Waals surface area contributed by atoms with Gasteiger partial charge >= 0.3 is 12.1 Å². The Labute approximate surface area is 259 Å². The first-order chi connectivity index (χ1) is 20.5. The second-order valence-electron chi connectivity index (χ2n) is 12.4. The molecule has 1 amide bonds. The van der Waals surface area contributed by atoms with Gasteiger partial charge in [0.1, 0.15) is 5.60 Å². The molecule has 2 fully saturated rings. The van der Waals surface area contributed by atoms with Crippen LogP contribution < -0.4 is 4.90 Å². The number of aromatic carboxylic acids is 1. The van der Waals surface area contributed by atoms with E-state index in [1.54, 1.807) is 17.0 Å². The molecule has 2 aliphatic rings. The van der Waals surface area contributed by atoms with Crippen molar-refractivity contribution in [1.29, 1.82) is 0 Å². The van der Waals surface area contributed by atoms with Crippen LogP contribution in [0.25, 0.3) is 11.1 Å². The monoisotopic (exact) mass is 604 g/mol. The van der Waals surface area contributed by atoms with Gasteiger partial charge in [-0.1, -0.05) is 41.9 Å². The van der Waals surface area contributed by atoms with E-state index in [0.29, 0.717) is 18.7 Å². The molecule has 43 heavy (non-hydrogen) atoms. The number of halogens is 1. The molecular formula is C34H41ClN4O4. The molecule has 2 saturated heterocycles. The van der Waals surface area contributed by atoms with Gasteiger partial charge in [0.05, 0.1) is 5.56 Å². The minimum Gasteiger partial charge on any atom is -0.478 e. The van der Waals surface area contributed by atoms with Crippen molar-refractivity contribution in [2.24, 2.45) is 0 Å². The second kappa shape index (κ2) is 13.4. The first kappa shape index (κ1) is 30.9. The van der Waals surface area contributed by atoms with Crippen molar-refractivity contribution in [3.8, 4) is 11.1 Å². The molecule has 0 spiro atoms. The third-order valence-electron chi connectivity index (χ3n) is 8.00. The normalized spacial score (nSPS) is 16.7. The standard InChI is InChI=1S/C34H41ClN4O4/c1-34(2,3)43-33(42)39-20-16-36(17-21-39)23-25-4-13-31(26-5-9-29(35)10-6-26)28(22-25)24-37-14-18-38(19-15-37)30-11-7-27(8-12-30)32(40)41/h4-13,22H,14-21,23-24H2,1-3H3,(H,40,41). The first-order valence-corrected chi connectivity index (χ1v) is 15.3. The predicted octanol–water partition coefficient (Wildman–Crippen LogP) is 6.08. The Balaban J connectivity index is 1.25. The first-order valence-electron chi connectivity index (χ1n) is 14.9. The summed E-state index contributed by atoms with van der Waals surface area (Å²) in [5.41, 5.74) is 5.77. The summed E-state index contributed by atoms with van der Waals surface area (Å²) in [4.78, 5) is 32.7. The van der Waals surface area contributed by atoms with Crippen LogP contribution in [0, 0.1) is 0 Å². The molecule has 0 radical (unpaired) electrons. The van der Waals surface area contributed by atoms with E-state index in [4.69, 9.17) is 16.3 Å². The highest BCUT2D eigenvalue weighted by atomic mass is 35.5. The van der Waals surface area contributed by atoms with Crippen LogP contribution in [-0.2, 0) is 17.8 Å². The summed E-state index contributed by atoms with van der Waals surface area (Å²) >= 11 is 6.20. The summed E-state index contributed by atoms with van der Waals surface area (Å²) in [5.74, 6) is -0.904. The molecule has 0 aromatic heterocycles. The van der Waals surface area contributed by atoms with Crippen LogP contribution in [0.15, 0.2) is 66.7 Å². The molecule has 0 saturated carbocycles. The number of carbonyl (C=O) groups is 2. The highest BCUT2D eigenvalue weighted by Crippen LogP contribution is 2.29. The van der Waals surface area contributed by atoms with Crippen molar-refractivity contribution in [3.05, 3.63) is 88.4 Å². The van der Waals surface area contributed by atoms with Gasteiger partial charge in [-0.2, -0.15) is 0 Å². The smallest absolute Gasteiger partial charge is 0.410 e. The fraction of sp³-hybridized carbons (Fsp3) is 0.412. The third kappa shape index (κ3) is 8.28. The number of carboxylic acids is 1. The van der Waals surface area contributed by atoms with Crippen molar-refractivity contribution >= 4 is 29.4 Å². The van der Waals surface area contributed by atoms with E-state index >= 15 is 0 Å². The fourth-order valence-electron chi connectivity index (χ4n) is 5.68. The molecule has 2 aliphatic heterocycles. The van der Waals surface area contributed by atoms with Crippen LogP contribution in [0.5, 0.6) is 0 Å². The van der Waals surface area contributed by atoms with E-state index in [0.717, 1.165) is 68.6 Å².